The minimum atomic E-state index is -3.58. The molecule has 0 aromatic heterocycles. The molecule has 2 aromatic rings. The van der Waals surface area contributed by atoms with Crippen molar-refractivity contribution in [3.8, 4) is 0 Å². The summed E-state index contributed by atoms with van der Waals surface area (Å²) in [4.78, 5) is 0.233. The third-order valence-corrected chi connectivity index (χ3v) is 5.15. The van der Waals surface area contributed by atoms with Gasteiger partial charge in [-0.2, -0.15) is 0 Å². The van der Waals surface area contributed by atoms with Crippen LogP contribution in [0, 0.1) is 0 Å². The maximum atomic E-state index is 12.4. The summed E-state index contributed by atoms with van der Waals surface area (Å²) in [5, 5.41) is 0. The van der Waals surface area contributed by atoms with E-state index in [0.717, 1.165) is 20.9 Å². The monoisotopic (exact) mass is 417 g/mol. The van der Waals surface area contributed by atoms with Crippen LogP contribution >= 0.6 is 31.9 Å². The molecule has 20 heavy (non-hydrogen) atoms. The summed E-state index contributed by atoms with van der Waals surface area (Å²) in [5.41, 5.74) is 1.55. The Balaban J connectivity index is 2.38. The summed E-state index contributed by atoms with van der Waals surface area (Å²) in [5.74, 6) is 0. The van der Waals surface area contributed by atoms with Crippen LogP contribution in [0.1, 0.15) is 12.5 Å². The highest BCUT2D eigenvalue weighted by molar-refractivity contribution is 9.10. The first-order chi connectivity index (χ1) is 9.42. The Bertz CT molecular complexity index is 730. The van der Waals surface area contributed by atoms with E-state index in [9.17, 15) is 8.42 Å². The second-order valence-corrected chi connectivity index (χ2v) is 7.73. The SMILES string of the molecule is CCc1cc(Br)ccc1NS(=O)(=O)c1cccc(Br)c1. The molecule has 0 saturated carbocycles. The van der Waals surface area contributed by atoms with Crippen LogP contribution in [0.4, 0.5) is 5.69 Å². The molecule has 0 spiro atoms. The van der Waals surface area contributed by atoms with Crippen LogP contribution in [0.15, 0.2) is 56.3 Å². The van der Waals surface area contributed by atoms with Crippen LogP contribution in [0.3, 0.4) is 0 Å². The van der Waals surface area contributed by atoms with Crippen LogP contribution in [-0.4, -0.2) is 8.42 Å². The molecule has 2 aromatic carbocycles. The van der Waals surface area contributed by atoms with E-state index in [1.807, 2.05) is 19.1 Å². The zero-order valence-corrected chi connectivity index (χ0v) is 14.7. The molecule has 0 aliphatic rings. The highest BCUT2D eigenvalue weighted by Gasteiger charge is 2.16. The predicted molar refractivity (Wildman–Crippen MR) is 88.5 cm³/mol. The van der Waals surface area contributed by atoms with Crippen molar-refractivity contribution >= 4 is 47.6 Å². The van der Waals surface area contributed by atoms with Gasteiger partial charge in [0.25, 0.3) is 10.0 Å². The molecule has 0 unspecified atom stereocenters. The number of benzene rings is 2. The van der Waals surface area contributed by atoms with Crippen molar-refractivity contribution in [3.05, 3.63) is 57.0 Å². The summed E-state index contributed by atoms with van der Waals surface area (Å²) < 4.78 is 29.0. The molecule has 0 atom stereocenters. The molecule has 0 amide bonds. The van der Waals surface area contributed by atoms with Crippen molar-refractivity contribution in [2.75, 3.05) is 4.72 Å². The first-order valence-corrected chi connectivity index (χ1v) is 9.06. The molecule has 0 radical (unpaired) electrons. The van der Waals surface area contributed by atoms with Crippen molar-refractivity contribution in [2.24, 2.45) is 0 Å². The number of halogens is 2. The number of rotatable bonds is 4. The van der Waals surface area contributed by atoms with E-state index >= 15 is 0 Å². The van der Waals surface area contributed by atoms with E-state index in [1.54, 1.807) is 30.3 Å². The van der Waals surface area contributed by atoms with Gasteiger partial charge in [-0.05, 0) is 48.4 Å². The zero-order valence-electron chi connectivity index (χ0n) is 10.7. The molecule has 0 fully saturated rings. The molecule has 0 saturated heterocycles. The first kappa shape index (κ1) is 15.5. The van der Waals surface area contributed by atoms with E-state index < -0.39 is 10.0 Å². The van der Waals surface area contributed by atoms with Gasteiger partial charge in [0.2, 0.25) is 0 Å². The lowest BCUT2D eigenvalue weighted by Gasteiger charge is -2.12. The van der Waals surface area contributed by atoms with Crippen LogP contribution < -0.4 is 4.72 Å². The largest absolute Gasteiger partial charge is 0.279 e. The summed E-state index contributed by atoms with van der Waals surface area (Å²) in [7, 11) is -3.58. The van der Waals surface area contributed by atoms with Gasteiger partial charge in [-0.15, -0.1) is 0 Å². The van der Waals surface area contributed by atoms with Crippen molar-refractivity contribution in [1.29, 1.82) is 0 Å². The third kappa shape index (κ3) is 3.62. The minimum absolute atomic E-state index is 0.233. The third-order valence-electron chi connectivity index (χ3n) is 2.80. The normalized spacial score (nSPS) is 11.3. The number of anilines is 1. The van der Waals surface area contributed by atoms with Gasteiger partial charge in [0.1, 0.15) is 0 Å². The van der Waals surface area contributed by atoms with E-state index in [1.165, 1.54) is 0 Å². The van der Waals surface area contributed by atoms with Gasteiger partial charge >= 0.3 is 0 Å². The van der Waals surface area contributed by atoms with E-state index in [-0.39, 0.29) is 4.90 Å². The molecule has 0 aliphatic heterocycles. The fourth-order valence-electron chi connectivity index (χ4n) is 1.79. The van der Waals surface area contributed by atoms with Gasteiger partial charge in [0.05, 0.1) is 10.6 Å². The molecule has 0 heterocycles. The van der Waals surface area contributed by atoms with Gasteiger partial charge in [-0.25, -0.2) is 8.42 Å². The number of hydrogen-bond acceptors (Lipinski definition) is 2. The zero-order chi connectivity index (χ0) is 14.8. The van der Waals surface area contributed by atoms with Crippen LogP contribution in [0.5, 0.6) is 0 Å². The Morgan fingerprint density at radius 1 is 1.05 bits per heavy atom. The van der Waals surface area contributed by atoms with Crippen molar-refractivity contribution in [2.45, 2.75) is 18.2 Å². The standard InChI is InChI=1S/C14H13Br2NO2S/c1-2-10-8-12(16)6-7-14(10)17-20(18,19)13-5-3-4-11(15)9-13/h3-9,17H,2H2,1H3. The number of nitrogens with one attached hydrogen (secondary N) is 1. The Labute approximate surface area is 135 Å². The predicted octanol–water partition coefficient (Wildman–Crippen LogP) is 4.57. The summed E-state index contributed by atoms with van der Waals surface area (Å²) in [6.07, 6.45) is 0.746. The lowest BCUT2D eigenvalue weighted by atomic mass is 10.1. The Morgan fingerprint density at radius 2 is 1.75 bits per heavy atom. The summed E-state index contributed by atoms with van der Waals surface area (Å²) >= 11 is 6.67. The molecule has 0 bridgehead atoms. The van der Waals surface area contributed by atoms with Gasteiger partial charge in [-0.3, -0.25) is 4.72 Å². The lowest BCUT2D eigenvalue weighted by Crippen LogP contribution is -2.14. The van der Waals surface area contributed by atoms with Crippen LogP contribution in [0.2, 0.25) is 0 Å². The first-order valence-electron chi connectivity index (χ1n) is 5.99. The van der Waals surface area contributed by atoms with E-state index in [4.69, 9.17) is 0 Å². The molecular weight excluding hydrogens is 406 g/mol. The van der Waals surface area contributed by atoms with Gasteiger partial charge < -0.3 is 0 Å². The lowest BCUT2D eigenvalue weighted by molar-refractivity contribution is 0.601. The molecule has 3 nitrogen and oxygen atoms in total. The smallest absolute Gasteiger partial charge is 0.261 e. The molecule has 2 rings (SSSR count). The summed E-state index contributed by atoms with van der Waals surface area (Å²) in [6.45, 7) is 1.98. The van der Waals surface area contributed by atoms with Gasteiger partial charge in [0, 0.05) is 8.95 Å². The quantitative estimate of drug-likeness (QED) is 0.789. The average Bonchev–Trinajstić information content (AvgIpc) is 2.40. The van der Waals surface area contributed by atoms with Crippen LogP contribution in [-0.2, 0) is 16.4 Å². The van der Waals surface area contributed by atoms with E-state index in [0.29, 0.717) is 5.69 Å². The minimum Gasteiger partial charge on any atom is -0.279 e. The Hall–Kier alpha value is -0.850. The van der Waals surface area contributed by atoms with Gasteiger partial charge in [-0.1, -0.05) is 44.8 Å². The molecule has 106 valence electrons. The van der Waals surface area contributed by atoms with Gasteiger partial charge in [0.15, 0.2) is 0 Å². The maximum absolute atomic E-state index is 12.4. The highest BCUT2D eigenvalue weighted by Crippen LogP contribution is 2.25. The van der Waals surface area contributed by atoms with E-state index in [2.05, 4.69) is 36.6 Å². The number of hydrogen-bond donors (Lipinski definition) is 1. The molecule has 6 heteroatoms. The Morgan fingerprint density at radius 3 is 2.40 bits per heavy atom. The topological polar surface area (TPSA) is 46.2 Å². The maximum Gasteiger partial charge on any atom is 0.261 e. The number of sulfonamides is 1. The second kappa shape index (κ2) is 6.28. The fraction of sp³-hybridized carbons (Fsp3) is 0.143. The average molecular weight is 419 g/mol. The molecule has 0 aliphatic carbocycles. The number of aryl methyl sites for hydroxylation is 1. The molecule has 1 N–H and O–H groups in total. The van der Waals surface area contributed by atoms with Crippen molar-refractivity contribution in [1.82, 2.24) is 0 Å². The molecular formula is C14H13Br2NO2S. The summed E-state index contributed by atoms with van der Waals surface area (Å²) in [6, 6.07) is 12.1. The fourth-order valence-corrected chi connectivity index (χ4v) is 3.90. The van der Waals surface area contributed by atoms with Crippen molar-refractivity contribution < 1.29 is 8.42 Å². The second-order valence-electron chi connectivity index (χ2n) is 4.22. The van der Waals surface area contributed by atoms with Crippen LogP contribution in [0.25, 0.3) is 0 Å². The Kier molecular flexibility index (Phi) is 4.88. The highest BCUT2D eigenvalue weighted by atomic mass is 79.9. The van der Waals surface area contributed by atoms with Crippen molar-refractivity contribution in [3.63, 3.8) is 0 Å².